The molecule has 1 atom stereocenters. The van der Waals surface area contributed by atoms with Crippen LogP contribution in [0.3, 0.4) is 0 Å². The number of halogens is 2. The lowest BCUT2D eigenvalue weighted by Crippen LogP contribution is -2.40. The first-order valence-corrected chi connectivity index (χ1v) is 15.9. The number of allylic oxidation sites excluding steroid dienone is 1. The van der Waals surface area contributed by atoms with Gasteiger partial charge in [0.1, 0.15) is 24.2 Å². The summed E-state index contributed by atoms with van der Waals surface area (Å²) in [6, 6.07) is 16.1. The van der Waals surface area contributed by atoms with Crippen molar-refractivity contribution in [2.45, 2.75) is 46.4 Å². The molecule has 0 radical (unpaired) electrons. The molecule has 8 nitrogen and oxygen atoms in total. The van der Waals surface area contributed by atoms with E-state index in [1.165, 1.54) is 28.0 Å². The molecule has 4 aromatic rings. The van der Waals surface area contributed by atoms with Gasteiger partial charge in [0.15, 0.2) is 16.3 Å². The van der Waals surface area contributed by atoms with E-state index in [1.54, 1.807) is 64.3 Å². The highest BCUT2D eigenvalue weighted by atomic mass is 79.9. The van der Waals surface area contributed by atoms with Crippen molar-refractivity contribution in [3.8, 4) is 17.2 Å². The van der Waals surface area contributed by atoms with E-state index in [1.807, 2.05) is 25.1 Å². The van der Waals surface area contributed by atoms with Crippen molar-refractivity contribution >= 4 is 39.3 Å². The zero-order valence-corrected chi connectivity index (χ0v) is 27.8. The second-order valence-electron chi connectivity index (χ2n) is 10.5. The summed E-state index contributed by atoms with van der Waals surface area (Å²) in [4.78, 5) is 32.7. The molecule has 45 heavy (non-hydrogen) atoms. The highest BCUT2D eigenvalue weighted by molar-refractivity contribution is 9.10. The van der Waals surface area contributed by atoms with Crippen LogP contribution in [-0.2, 0) is 16.1 Å². The van der Waals surface area contributed by atoms with Gasteiger partial charge >= 0.3 is 5.97 Å². The van der Waals surface area contributed by atoms with Crippen LogP contribution in [-0.4, -0.2) is 30.4 Å². The Bertz CT molecular complexity index is 1950. The first kappa shape index (κ1) is 32.2. The highest BCUT2D eigenvalue weighted by Gasteiger charge is 2.35. The fourth-order valence-electron chi connectivity index (χ4n) is 4.97. The maximum atomic E-state index is 14.1. The molecule has 1 aliphatic heterocycles. The van der Waals surface area contributed by atoms with Gasteiger partial charge in [0.2, 0.25) is 0 Å². The zero-order valence-electron chi connectivity index (χ0n) is 25.4. The van der Waals surface area contributed by atoms with Crippen molar-refractivity contribution < 1.29 is 28.1 Å². The van der Waals surface area contributed by atoms with E-state index in [-0.39, 0.29) is 29.7 Å². The van der Waals surface area contributed by atoms with Crippen molar-refractivity contribution in [1.82, 2.24) is 4.57 Å². The van der Waals surface area contributed by atoms with Crippen molar-refractivity contribution in [1.29, 1.82) is 0 Å². The number of hydrogen-bond donors (Lipinski definition) is 0. The summed E-state index contributed by atoms with van der Waals surface area (Å²) in [6.07, 6.45) is 1.39. The summed E-state index contributed by atoms with van der Waals surface area (Å²) >= 11 is 4.75. The summed E-state index contributed by atoms with van der Waals surface area (Å²) < 4.78 is 39.1. The predicted octanol–water partition coefficient (Wildman–Crippen LogP) is 6.07. The number of hydrogen-bond acceptors (Lipinski definition) is 8. The molecule has 234 valence electrons. The van der Waals surface area contributed by atoms with Crippen LogP contribution in [0, 0.1) is 5.82 Å². The van der Waals surface area contributed by atoms with Crippen LogP contribution < -0.4 is 29.1 Å². The van der Waals surface area contributed by atoms with Crippen molar-refractivity contribution in [3.05, 3.63) is 119 Å². The quantitative estimate of drug-likeness (QED) is 0.187. The van der Waals surface area contributed by atoms with E-state index >= 15 is 0 Å². The number of aromatic nitrogens is 1. The van der Waals surface area contributed by atoms with Crippen molar-refractivity contribution in [2.75, 3.05) is 13.7 Å². The number of ether oxygens (including phenoxy) is 4. The van der Waals surface area contributed by atoms with Crippen molar-refractivity contribution in [2.24, 2.45) is 4.99 Å². The topological polar surface area (TPSA) is 88.4 Å². The third-order valence-electron chi connectivity index (χ3n) is 6.94. The third-order valence-corrected chi connectivity index (χ3v) is 8.42. The predicted molar refractivity (Wildman–Crippen MR) is 174 cm³/mol. The lowest BCUT2D eigenvalue weighted by molar-refractivity contribution is -0.143. The molecule has 0 fully saturated rings. The zero-order chi connectivity index (χ0) is 32.2. The monoisotopic (exact) mass is 694 g/mol. The standard InChI is InChI=1S/C34H32BrFN2O6S/c1-6-42-28-15-22(9-13-27(28)43-18-21-7-11-24(36)12-8-21)16-29-32(39)38-31(25-17-23(35)10-14-26(25)41-5)30(33(40)44-19(2)3)20(4)37-34(38)45-29/h7-17,19,31H,6,18H2,1-5H3/b29-16-/t31-/m0/s1. The maximum absolute atomic E-state index is 14.1. The molecule has 1 aromatic heterocycles. The normalized spacial score (nSPS) is 14.7. The fraction of sp³-hybridized carbons (Fsp3) is 0.265. The average Bonchev–Trinajstić information content (AvgIpc) is 3.30. The molecule has 0 saturated carbocycles. The fourth-order valence-corrected chi connectivity index (χ4v) is 6.39. The van der Waals surface area contributed by atoms with Gasteiger partial charge in [-0.3, -0.25) is 9.36 Å². The lowest BCUT2D eigenvalue weighted by Gasteiger charge is -2.26. The van der Waals surface area contributed by atoms with Gasteiger partial charge in [-0.05, 0) is 87.4 Å². The van der Waals surface area contributed by atoms with Gasteiger partial charge in [0.25, 0.3) is 5.56 Å². The minimum atomic E-state index is -0.830. The summed E-state index contributed by atoms with van der Waals surface area (Å²) in [5.41, 5.74) is 2.55. The van der Waals surface area contributed by atoms with Crippen LogP contribution in [0.2, 0.25) is 0 Å². The molecule has 0 bridgehead atoms. The van der Waals surface area contributed by atoms with Crippen LogP contribution in [0.25, 0.3) is 6.08 Å². The van der Waals surface area contributed by atoms with Crippen LogP contribution in [0.5, 0.6) is 17.2 Å². The van der Waals surface area contributed by atoms with E-state index in [9.17, 15) is 14.0 Å². The minimum absolute atomic E-state index is 0.234. The Kier molecular flexibility index (Phi) is 9.89. The van der Waals surface area contributed by atoms with Crippen LogP contribution in [0.15, 0.2) is 86.2 Å². The molecule has 0 unspecified atom stereocenters. The molecule has 0 aliphatic carbocycles. The Morgan fingerprint density at radius 3 is 2.49 bits per heavy atom. The molecular formula is C34H32BrFN2O6S. The van der Waals surface area contributed by atoms with Crippen LogP contribution >= 0.6 is 27.3 Å². The number of methoxy groups -OCH3 is 1. The Hall–Kier alpha value is -4.22. The highest BCUT2D eigenvalue weighted by Crippen LogP contribution is 2.37. The second-order valence-corrected chi connectivity index (χ2v) is 12.4. The Balaban J connectivity index is 1.59. The first-order valence-electron chi connectivity index (χ1n) is 14.3. The molecule has 5 rings (SSSR count). The van der Waals surface area contributed by atoms with Gasteiger partial charge in [-0.2, -0.15) is 0 Å². The maximum Gasteiger partial charge on any atom is 0.338 e. The molecule has 2 heterocycles. The molecule has 0 saturated heterocycles. The molecule has 0 amide bonds. The second kappa shape index (κ2) is 13.8. The van der Waals surface area contributed by atoms with Crippen molar-refractivity contribution in [3.63, 3.8) is 0 Å². The molecular weight excluding hydrogens is 663 g/mol. The number of thiazole rings is 1. The Morgan fingerprint density at radius 2 is 1.80 bits per heavy atom. The summed E-state index contributed by atoms with van der Waals surface area (Å²) in [7, 11) is 1.54. The smallest absolute Gasteiger partial charge is 0.338 e. The molecule has 11 heteroatoms. The average molecular weight is 696 g/mol. The number of carbonyl (C=O) groups is 1. The van der Waals surface area contributed by atoms with E-state index < -0.39 is 12.0 Å². The molecule has 1 aliphatic rings. The summed E-state index contributed by atoms with van der Waals surface area (Å²) in [6.45, 7) is 7.79. The van der Waals surface area contributed by atoms with Gasteiger partial charge in [0, 0.05) is 10.0 Å². The van der Waals surface area contributed by atoms with E-state index in [0.29, 0.717) is 50.0 Å². The largest absolute Gasteiger partial charge is 0.496 e. The van der Waals surface area contributed by atoms with Crippen LogP contribution in [0.4, 0.5) is 4.39 Å². The van der Waals surface area contributed by atoms with Gasteiger partial charge in [0.05, 0.1) is 35.6 Å². The first-order chi connectivity index (χ1) is 21.6. The SMILES string of the molecule is CCOc1cc(/C=c2\sc3n(c2=O)[C@@H](c2cc(Br)ccc2OC)C(C(=O)OC(C)C)=C(C)N=3)ccc1OCc1ccc(F)cc1. The number of rotatable bonds is 10. The van der Waals surface area contributed by atoms with E-state index in [2.05, 4.69) is 20.9 Å². The Morgan fingerprint density at radius 1 is 1.07 bits per heavy atom. The van der Waals surface area contributed by atoms with E-state index in [0.717, 1.165) is 10.0 Å². The number of carbonyl (C=O) groups excluding carboxylic acids is 1. The van der Waals surface area contributed by atoms with Crippen LogP contribution in [0.1, 0.15) is 50.4 Å². The van der Waals surface area contributed by atoms with Gasteiger partial charge in [-0.25, -0.2) is 14.2 Å². The lowest BCUT2D eigenvalue weighted by atomic mass is 9.95. The number of esters is 1. The van der Waals surface area contributed by atoms with Gasteiger partial charge in [-0.1, -0.05) is 45.5 Å². The summed E-state index contributed by atoms with van der Waals surface area (Å²) in [5.74, 6) is 0.676. The molecule has 0 spiro atoms. The van der Waals surface area contributed by atoms with Gasteiger partial charge < -0.3 is 18.9 Å². The minimum Gasteiger partial charge on any atom is -0.496 e. The van der Waals surface area contributed by atoms with Gasteiger partial charge in [-0.15, -0.1) is 0 Å². The number of nitrogens with zero attached hydrogens (tertiary/aromatic N) is 2. The third kappa shape index (κ3) is 7.04. The van der Waals surface area contributed by atoms with E-state index in [4.69, 9.17) is 18.9 Å². The molecule has 3 aromatic carbocycles. The number of fused-ring (bicyclic) bond motifs is 1. The Labute approximate surface area is 272 Å². The summed E-state index contributed by atoms with van der Waals surface area (Å²) in [5, 5.41) is 0. The molecule has 0 N–H and O–H groups in total. The number of benzene rings is 3.